The first-order valence-electron chi connectivity index (χ1n) is 8.71. The van der Waals surface area contributed by atoms with Crippen LogP contribution >= 0.6 is 0 Å². The third kappa shape index (κ3) is 4.59. The minimum absolute atomic E-state index is 0.178. The van der Waals surface area contributed by atoms with Gasteiger partial charge >= 0.3 is 0 Å². The lowest BCUT2D eigenvalue weighted by molar-refractivity contribution is 0.383. The number of rotatable bonds is 6. The maximum absolute atomic E-state index is 12.6. The lowest BCUT2D eigenvalue weighted by Crippen LogP contribution is -2.49. The number of aryl methyl sites for hydroxylation is 1. The minimum Gasteiger partial charge on any atom is -0.354 e. The highest BCUT2D eigenvalue weighted by atomic mass is 32.2. The van der Waals surface area contributed by atoms with E-state index in [1.165, 1.54) is 5.56 Å². The molecule has 1 fully saturated rings. The number of nitriles is 1. The molecule has 1 aliphatic rings. The van der Waals surface area contributed by atoms with E-state index in [1.807, 2.05) is 42.5 Å². The summed E-state index contributed by atoms with van der Waals surface area (Å²) in [6, 6.07) is 15.5. The second kappa shape index (κ2) is 8.30. The van der Waals surface area contributed by atoms with Gasteiger partial charge in [0.2, 0.25) is 10.0 Å². The van der Waals surface area contributed by atoms with E-state index < -0.39 is 10.0 Å². The van der Waals surface area contributed by atoms with Crippen LogP contribution in [0.15, 0.2) is 48.7 Å². The summed E-state index contributed by atoms with van der Waals surface area (Å²) in [6.07, 6.45) is 2.95. The lowest BCUT2D eigenvalue weighted by atomic mass is 10.1. The molecule has 0 bridgehead atoms. The molecule has 1 aliphatic heterocycles. The van der Waals surface area contributed by atoms with Crippen molar-refractivity contribution in [1.82, 2.24) is 9.29 Å². The van der Waals surface area contributed by atoms with Gasteiger partial charge in [0, 0.05) is 32.4 Å². The van der Waals surface area contributed by atoms with Gasteiger partial charge in [-0.1, -0.05) is 30.3 Å². The van der Waals surface area contributed by atoms with Crippen molar-refractivity contribution in [3.63, 3.8) is 0 Å². The quantitative estimate of drug-likeness (QED) is 0.778. The van der Waals surface area contributed by atoms with Crippen molar-refractivity contribution in [3.8, 4) is 6.07 Å². The molecule has 0 unspecified atom stereocenters. The first-order valence-corrected chi connectivity index (χ1v) is 10.3. The van der Waals surface area contributed by atoms with Crippen molar-refractivity contribution in [2.45, 2.75) is 12.8 Å². The van der Waals surface area contributed by atoms with E-state index >= 15 is 0 Å². The van der Waals surface area contributed by atoms with E-state index in [4.69, 9.17) is 5.26 Å². The van der Waals surface area contributed by atoms with E-state index in [0.29, 0.717) is 38.2 Å². The second-order valence-corrected chi connectivity index (χ2v) is 8.40. The Balaban J connectivity index is 1.50. The highest BCUT2D eigenvalue weighted by molar-refractivity contribution is 7.89. The summed E-state index contributed by atoms with van der Waals surface area (Å²) < 4.78 is 26.7. The number of piperazine rings is 1. The number of aromatic nitrogens is 1. The molecule has 136 valence electrons. The number of anilines is 1. The van der Waals surface area contributed by atoms with Crippen LogP contribution in [0.25, 0.3) is 0 Å². The third-order valence-corrected chi connectivity index (χ3v) is 6.50. The van der Waals surface area contributed by atoms with Gasteiger partial charge in [0.05, 0.1) is 11.3 Å². The predicted octanol–water partition coefficient (Wildman–Crippen LogP) is 2.04. The molecule has 2 aromatic rings. The number of pyridine rings is 1. The number of benzene rings is 1. The Morgan fingerprint density at radius 1 is 1.04 bits per heavy atom. The molecule has 1 aromatic heterocycles. The largest absolute Gasteiger partial charge is 0.354 e. The Kier molecular flexibility index (Phi) is 5.86. The summed E-state index contributed by atoms with van der Waals surface area (Å²) in [4.78, 5) is 6.33. The number of hydrogen-bond donors (Lipinski definition) is 0. The molecule has 6 nitrogen and oxygen atoms in total. The van der Waals surface area contributed by atoms with Gasteiger partial charge in [0.25, 0.3) is 0 Å². The zero-order valence-corrected chi connectivity index (χ0v) is 15.4. The van der Waals surface area contributed by atoms with Crippen LogP contribution in [0.1, 0.15) is 17.5 Å². The average molecular weight is 370 g/mol. The highest BCUT2D eigenvalue weighted by Crippen LogP contribution is 2.16. The first kappa shape index (κ1) is 18.4. The van der Waals surface area contributed by atoms with Crippen LogP contribution in [0.5, 0.6) is 0 Å². The van der Waals surface area contributed by atoms with Crippen LogP contribution in [0.3, 0.4) is 0 Å². The smallest absolute Gasteiger partial charge is 0.214 e. The molecule has 0 atom stereocenters. The van der Waals surface area contributed by atoms with Crippen LogP contribution in [0, 0.1) is 11.3 Å². The Labute approximate surface area is 154 Å². The minimum atomic E-state index is -3.23. The molecule has 0 amide bonds. The zero-order valence-electron chi connectivity index (χ0n) is 14.6. The number of nitrogens with zero attached hydrogens (tertiary/aromatic N) is 4. The standard InChI is InChI=1S/C19H22N4O2S/c20-15-18-8-9-19(21-16-18)22-10-12-23(13-11-22)26(24,25)14-4-7-17-5-2-1-3-6-17/h1-3,5-6,8-9,16H,4,7,10-14H2. The van der Waals surface area contributed by atoms with Crippen LogP contribution in [-0.4, -0.2) is 49.6 Å². The number of hydrogen-bond acceptors (Lipinski definition) is 5. The Morgan fingerprint density at radius 3 is 2.38 bits per heavy atom. The van der Waals surface area contributed by atoms with Crippen molar-refractivity contribution in [2.75, 3.05) is 36.8 Å². The molecule has 0 N–H and O–H groups in total. The third-order valence-electron chi connectivity index (χ3n) is 4.54. The van der Waals surface area contributed by atoms with Crippen molar-refractivity contribution in [2.24, 2.45) is 0 Å². The maximum atomic E-state index is 12.6. The molecule has 0 aliphatic carbocycles. The molecule has 7 heteroatoms. The van der Waals surface area contributed by atoms with E-state index in [9.17, 15) is 8.42 Å². The number of sulfonamides is 1. The van der Waals surface area contributed by atoms with Crippen molar-refractivity contribution in [3.05, 3.63) is 59.8 Å². The van der Waals surface area contributed by atoms with Gasteiger partial charge in [-0.3, -0.25) is 0 Å². The van der Waals surface area contributed by atoms with Crippen molar-refractivity contribution in [1.29, 1.82) is 5.26 Å². The van der Waals surface area contributed by atoms with E-state index in [2.05, 4.69) is 9.88 Å². The van der Waals surface area contributed by atoms with E-state index in [1.54, 1.807) is 16.6 Å². The molecular formula is C19H22N4O2S. The summed E-state index contributed by atoms with van der Waals surface area (Å²) in [6.45, 7) is 2.15. The van der Waals surface area contributed by atoms with Gasteiger partial charge in [0.15, 0.2) is 0 Å². The van der Waals surface area contributed by atoms with Crippen molar-refractivity contribution < 1.29 is 8.42 Å². The Morgan fingerprint density at radius 2 is 1.77 bits per heavy atom. The van der Waals surface area contributed by atoms with Crippen LogP contribution < -0.4 is 4.90 Å². The maximum Gasteiger partial charge on any atom is 0.214 e. The summed E-state index contributed by atoms with van der Waals surface area (Å²) in [7, 11) is -3.23. The Bertz CT molecular complexity index is 853. The SMILES string of the molecule is N#Cc1ccc(N2CCN(S(=O)(=O)CCCc3ccccc3)CC2)nc1. The molecule has 1 aromatic carbocycles. The second-order valence-electron chi connectivity index (χ2n) is 6.31. The summed E-state index contributed by atoms with van der Waals surface area (Å²) in [5.41, 5.74) is 1.69. The van der Waals surface area contributed by atoms with Gasteiger partial charge in [-0.25, -0.2) is 13.4 Å². The highest BCUT2D eigenvalue weighted by Gasteiger charge is 2.26. The molecule has 0 radical (unpaired) electrons. The average Bonchev–Trinajstić information content (AvgIpc) is 2.69. The Hall–Kier alpha value is -2.43. The van der Waals surface area contributed by atoms with Gasteiger partial charge in [-0.2, -0.15) is 9.57 Å². The fraction of sp³-hybridized carbons (Fsp3) is 0.368. The lowest BCUT2D eigenvalue weighted by Gasteiger charge is -2.34. The molecule has 1 saturated heterocycles. The molecular weight excluding hydrogens is 348 g/mol. The molecule has 0 saturated carbocycles. The zero-order chi connectivity index (χ0) is 18.4. The van der Waals surface area contributed by atoms with Crippen LogP contribution in [0.4, 0.5) is 5.82 Å². The molecule has 0 spiro atoms. The fourth-order valence-corrected chi connectivity index (χ4v) is 4.55. The monoisotopic (exact) mass is 370 g/mol. The van der Waals surface area contributed by atoms with Crippen molar-refractivity contribution >= 4 is 15.8 Å². The predicted molar refractivity (Wildman–Crippen MR) is 101 cm³/mol. The van der Waals surface area contributed by atoms with Crippen LogP contribution in [-0.2, 0) is 16.4 Å². The normalized spacial score (nSPS) is 15.6. The summed E-state index contributed by atoms with van der Waals surface area (Å²) in [5, 5.41) is 8.83. The van der Waals surface area contributed by atoms with Gasteiger partial charge < -0.3 is 4.90 Å². The van der Waals surface area contributed by atoms with E-state index in [0.717, 1.165) is 12.2 Å². The van der Waals surface area contributed by atoms with Gasteiger partial charge in [0.1, 0.15) is 11.9 Å². The van der Waals surface area contributed by atoms with Crippen LogP contribution in [0.2, 0.25) is 0 Å². The molecule has 2 heterocycles. The van der Waals surface area contributed by atoms with Gasteiger partial charge in [-0.05, 0) is 30.5 Å². The molecule has 26 heavy (non-hydrogen) atoms. The fourth-order valence-electron chi connectivity index (χ4n) is 3.07. The topological polar surface area (TPSA) is 77.3 Å². The summed E-state index contributed by atoms with van der Waals surface area (Å²) >= 11 is 0. The first-order chi connectivity index (χ1) is 12.6. The molecule has 3 rings (SSSR count). The summed E-state index contributed by atoms with van der Waals surface area (Å²) in [5.74, 6) is 0.960. The van der Waals surface area contributed by atoms with E-state index in [-0.39, 0.29) is 5.75 Å². The van der Waals surface area contributed by atoms with Gasteiger partial charge in [-0.15, -0.1) is 0 Å².